The van der Waals surface area contributed by atoms with E-state index in [1.165, 1.54) is 50.5 Å². The summed E-state index contributed by atoms with van der Waals surface area (Å²) in [5.74, 6) is 0. The number of halogens is 1. The lowest BCUT2D eigenvalue weighted by atomic mass is 10.0. The van der Waals surface area contributed by atoms with Gasteiger partial charge in [0.2, 0.25) is 0 Å². The monoisotopic (exact) mass is 315 g/mol. The normalized spacial score (nSPS) is 12.8. The molecule has 3 heteroatoms. The van der Waals surface area contributed by atoms with Gasteiger partial charge in [-0.3, -0.25) is 0 Å². The Morgan fingerprint density at radius 1 is 1.17 bits per heavy atom. The molecule has 1 atom stereocenters. The van der Waals surface area contributed by atoms with Crippen molar-refractivity contribution in [1.82, 2.24) is 5.32 Å². The Kier molecular flexibility index (Phi) is 8.44. The van der Waals surface area contributed by atoms with E-state index < -0.39 is 0 Å². The quantitative estimate of drug-likeness (QED) is 0.581. The summed E-state index contributed by atoms with van der Waals surface area (Å²) in [7, 11) is 0. The van der Waals surface area contributed by atoms with Gasteiger partial charge < -0.3 is 9.73 Å². The van der Waals surface area contributed by atoms with E-state index in [1.54, 1.807) is 6.26 Å². The van der Waals surface area contributed by atoms with Crippen LogP contribution < -0.4 is 5.32 Å². The van der Waals surface area contributed by atoms with Crippen molar-refractivity contribution in [2.45, 2.75) is 64.8 Å². The van der Waals surface area contributed by atoms with Crippen molar-refractivity contribution in [1.29, 1.82) is 0 Å². The van der Waals surface area contributed by atoms with Crippen LogP contribution in [0.4, 0.5) is 0 Å². The maximum Gasteiger partial charge on any atom is 0.173 e. The molecule has 0 radical (unpaired) electrons. The minimum absolute atomic E-state index is 0.425. The highest BCUT2D eigenvalue weighted by molar-refractivity contribution is 9.10. The lowest BCUT2D eigenvalue weighted by molar-refractivity contribution is 0.463. The van der Waals surface area contributed by atoms with Crippen LogP contribution in [-0.2, 0) is 0 Å². The molecule has 0 aliphatic rings. The molecule has 1 unspecified atom stereocenters. The van der Waals surface area contributed by atoms with E-state index in [9.17, 15) is 0 Å². The lowest BCUT2D eigenvalue weighted by Gasteiger charge is -2.16. The van der Waals surface area contributed by atoms with Crippen LogP contribution in [0.25, 0.3) is 0 Å². The number of furan rings is 1. The third-order valence-electron chi connectivity index (χ3n) is 3.32. The second-order valence-electron chi connectivity index (χ2n) is 4.82. The molecule has 0 fully saturated rings. The summed E-state index contributed by atoms with van der Waals surface area (Å²) in [5.41, 5.74) is 1.26. The van der Waals surface area contributed by atoms with Crippen molar-refractivity contribution < 1.29 is 4.42 Å². The van der Waals surface area contributed by atoms with Crippen LogP contribution in [0.3, 0.4) is 0 Å². The molecule has 104 valence electrons. The molecule has 0 aromatic carbocycles. The molecule has 1 aromatic heterocycles. The minimum atomic E-state index is 0.425. The van der Waals surface area contributed by atoms with Crippen molar-refractivity contribution in [3.05, 3.63) is 22.6 Å². The Morgan fingerprint density at radius 2 is 1.89 bits per heavy atom. The standard InChI is InChI=1S/C15H26BrNO/c1-3-5-6-7-8-9-10-14(17-4-2)13-11-12-18-15(13)16/h11-12,14,17H,3-10H2,1-2H3. The van der Waals surface area contributed by atoms with Crippen molar-refractivity contribution in [2.24, 2.45) is 0 Å². The van der Waals surface area contributed by atoms with E-state index in [-0.39, 0.29) is 0 Å². The van der Waals surface area contributed by atoms with Gasteiger partial charge in [-0.15, -0.1) is 0 Å². The van der Waals surface area contributed by atoms with Crippen molar-refractivity contribution in [2.75, 3.05) is 6.54 Å². The SMILES string of the molecule is CCCCCCCCC(NCC)c1ccoc1Br. The fourth-order valence-corrected chi connectivity index (χ4v) is 2.81. The molecule has 1 N–H and O–H groups in total. The highest BCUT2D eigenvalue weighted by atomic mass is 79.9. The molecule has 0 bridgehead atoms. The zero-order valence-corrected chi connectivity index (χ0v) is 13.3. The predicted octanol–water partition coefficient (Wildman–Crippen LogP) is 5.44. The Bertz CT molecular complexity index is 311. The van der Waals surface area contributed by atoms with Gasteiger partial charge >= 0.3 is 0 Å². The molecule has 2 nitrogen and oxygen atoms in total. The number of nitrogens with one attached hydrogen (secondary N) is 1. The summed E-state index contributed by atoms with van der Waals surface area (Å²) in [6.45, 7) is 5.41. The third kappa shape index (κ3) is 5.57. The molecular weight excluding hydrogens is 290 g/mol. The molecule has 1 aromatic rings. The van der Waals surface area contributed by atoms with Crippen LogP contribution in [0.2, 0.25) is 0 Å². The van der Waals surface area contributed by atoms with Crippen molar-refractivity contribution >= 4 is 15.9 Å². The first-order chi connectivity index (χ1) is 8.79. The Balaban J connectivity index is 2.29. The first-order valence-electron chi connectivity index (χ1n) is 7.25. The molecular formula is C15H26BrNO. The molecule has 1 rings (SSSR count). The Hall–Kier alpha value is -0.280. The average Bonchev–Trinajstić information content (AvgIpc) is 2.78. The van der Waals surface area contributed by atoms with Crippen molar-refractivity contribution in [3.8, 4) is 0 Å². The highest BCUT2D eigenvalue weighted by Gasteiger charge is 2.15. The first kappa shape index (κ1) is 15.8. The first-order valence-corrected chi connectivity index (χ1v) is 8.05. The third-order valence-corrected chi connectivity index (χ3v) is 3.96. The van der Waals surface area contributed by atoms with Crippen LogP contribution in [0.5, 0.6) is 0 Å². The number of hydrogen-bond donors (Lipinski definition) is 1. The van der Waals surface area contributed by atoms with E-state index in [1.807, 2.05) is 0 Å². The summed E-state index contributed by atoms with van der Waals surface area (Å²) in [6.07, 6.45) is 11.0. The number of hydrogen-bond acceptors (Lipinski definition) is 2. The van der Waals surface area contributed by atoms with Crippen LogP contribution in [0.15, 0.2) is 21.4 Å². The van der Waals surface area contributed by atoms with Crippen molar-refractivity contribution in [3.63, 3.8) is 0 Å². The summed E-state index contributed by atoms with van der Waals surface area (Å²) in [6, 6.07) is 2.49. The molecule has 0 saturated heterocycles. The summed E-state index contributed by atoms with van der Waals surface area (Å²) in [4.78, 5) is 0. The summed E-state index contributed by atoms with van der Waals surface area (Å²) >= 11 is 3.47. The average molecular weight is 316 g/mol. The maximum absolute atomic E-state index is 5.33. The summed E-state index contributed by atoms with van der Waals surface area (Å²) in [5, 5.41) is 3.54. The molecule has 1 heterocycles. The van der Waals surface area contributed by atoms with Crippen LogP contribution in [-0.4, -0.2) is 6.54 Å². The largest absolute Gasteiger partial charge is 0.457 e. The van der Waals surface area contributed by atoms with E-state index in [2.05, 4.69) is 41.2 Å². The zero-order valence-electron chi connectivity index (χ0n) is 11.7. The molecule has 0 amide bonds. The second-order valence-corrected chi connectivity index (χ2v) is 5.54. The van der Waals surface area contributed by atoms with Gasteiger partial charge in [0.15, 0.2) is 4.67 Å². The Morgan fingerprint density at radius 3 is 2.50 bits per heavy atom. The van der Waals surface area contributed by atoms with Gasteiger partial charge in [0.1, 0.15) is 0 Å². The van der Waals surface area contributed by atoms with Gasteiger partial charge in [0.25, 0.3) is 0 Å². The van der Waals surface area contributed by atoms with Crippen LogP contribution in [0, 0.1) is 0 Å². The number of unbranched alkanes of at least 4 members (excludes halogenated alkanes) is 5. The van der Waals surface area contributed by atoms with E-state index in [0.717, 1.165) is 11.2 Å². The summed E-state index contributed by atoms with van der Waals surface area (Å²) < 4.78 is 6.20. The second kappa shape index (κ2) is 9.62. The van der Waals surface area contributed by atoms with Gasteiger partial charge in [-0.05, 0) is 35.0 Å². The van der Waals surface area contributed by atoms with Gasteiger partial charge in [0, 0.05) is 11.6 Å². The fraction of sp³-hybridized carbons (Fsp3) is 0.733. The molecule has 0 saturated carbocycles. The topological polar surface area (TPSA) is 25.2 Å². The Labute approximate surface area is 120 Å². The molecule has 0 aliphatic heterocycles. The van der Waals surface area contributed by atoms with Crippen LogP contribution >= 0.6 is 15.9 Å². The van der Waals surface area contributed by atoms with Gasteiger partial charge in [-0.1, -0.05) is 52.4 Å². The highest BCUT2D eigenvalue weighted by Crippen LogP contribution is 2.28. The maximum atomic E-state index is 5.33. The molecule has 0 aliphatic carbocycles. The smallest absolute Gasteiger partial charge is 0.173 e. The molecule has 0 spiro atoms. The minimum Gasteiger partial charge on any atom is -0.457 e. The van der Waals surface area contributed by atoms with E-state index in [4.69, 9.17) is 4.42 Å². The molecule has 18 heavy (non-hydrogen) atoms. The van der Waals surface area contributed by atoms with Gasteiger partial charge in [0.05, 0.1) is 6.26 Å². The van der Waals surface area contributed by atoms with Gasteiger partial charge in [-0.2, -0.15) is 0 Å². The van der Waals surface area contributed by atoms with E-state index in [0.29, 0.717) is 6.04 Å². The van der Waals surface area contributed by atoms with Gasteiger partial charge in [-0.25, -0.2) is 0 Å². The van der Waals surface area contributed by atoms with E-state index >= 15 is 0 Å². The zero-order chi connectivity index (χ0) is 13.2. The number of rotatable bonds is 10. The van der Waals surface area contributed by atoms with Crippen LogP contribution in [0.1, 0.15) is 70.4 Å². The predicted molar refractivity (Wildman–Crippen MR) is 80.8 cm³/mol. The lowest BCUT2D eigenvalue weighted by Crippen LogP contribution is -2.20. The fourth-order valence-electron chi connectivity index (χ4n) is 2.30.